The smallest absolute Gasteiger partial charge is 0.308 e. The fourth-order valence-corrected chi connectivity index (χ4v) is 2.76. The number of aryl methyl sites for hydroxylation is 1. The number of rotatable bonds is 8. The maximum atomic E-state index is 12.2. The molecule has 0 aliphatic heterocycles. The summed E-state index contributed by atoms with van der Waals surface area (Å²) in [6.45, 7) is 3.67. The number of amides is 1. The number of benzene rings is 2. The number of nitrogens with one attached hydrogen (secondary N) is 1. The van der Waals surface area contributed by atoms with Crippen LogP contribution in [-0.2, 0) is 9.53 Å². The summed E-state index contributed by atoms with van der Waals surface area (Å²) in [7, 11) is 1.59. The first-order valence-electron chi connectivity index (χ1n) is 9.49. The Balaban J connectivity index is 1.49. The summed E-state index contributed by atoms with van der Waals surface area (Å²) in [5, 5.41) is 10.7. The molecule has 1 atom stereocenters. The minimum Gasteiger partial charge on any atom is -0.497 e. The fourth-order valence-electron chi connectivity index (χ4n) is 2.76. The largest absolute Gasteiger partial charge is 0.497 e. The maximum absolute atomic E-state index is 12.2. The quantitative estimate of drug-likeness (QED) is 0.568. The molecule has 30 heavy (non-hydrogen) atoms. The van der Waals surface area contributed by atoms with Gasteiger partial charge in [-0.15, -0.1) is 10.2 Å². The summed E-state index contributed by atoms with van der Waals surface area (Å²) < 4.78 is 16.1. The molecule has 8 nitrogen and oxygen atoms in total. The molecule has 1 heterocycles. The van der Waals surface area contributed by atoms with Crippen molar-refractivity contribution in [2.24, 2.45) is 0 Å². The number of hydrogen-bond acceptors (Lipinski definition) is 7. The van der Waals surface area contributed by atoms with Crippen LogP contribution in [0.3, 0.4) is 0 Å². The highest BCUT2D eigenvalue weighted by Gasteiger charge is 2.19. The number of methoxy groups -OCH3 is 1. The minimum absolute atomic E-state index is 0.0292. The van der Waals surface area contributed by atoms with Gasteiger partial charge in [0.05, 0.1) is 13.5 Å². The number of ether oxygens (including phenoxy) is 2. The zero-order valence-electron chi connectivity index (χ0n) is 17.0. The van der Waals surface area contributed by atoms with Crippen LogP contribution in [0.4, 0.5) is 0 Å². The van der Waals surface area contributed by atoms with E-state index in [1.54, 1.807) is 50.4 Å². The Hall–Kier alpha value is -3.68. The van der Waals surface area contributed by atoms with Gasteiger partial charge in [0.2, 0.25) is 5.89 Å². The summed E-state index contributed by atoms with van der Waals surface area (Å²) in [5.41, 5.74) is 2.18. The van der Waals surface area contributed by atoms with Crippen molar-refractivity contribution in [2.45, 2.75) is 26.4 Å². The normalized spacial score (nSPS) is 11.6. The molecule has 1 aromatic heterocycles. The SMILES string of the molecule is COc1ccc(-c2nnc([C@@H](C)OC(=O)CCNC(=O)c3ccccc3C)o2)cc1. The molecule has 1 amide bonds. The van der Waals surface area contributed by atoms with Gasteiger partial charge in [0.15, 0.2) is 6.10 Å². The van der Waals surface area contributed by atoms with Crippen molar-refractivity contribution in [2.75, 3.05) is 13.7 Å². The molecule has 3 aromatic rings. The van der Waals surface area contributed by atoms with E-state index in [-0.39, 0.29) is 24.8 Å². The first kappa shape index (κ1) is 21.0. The fraction of sp³-hybridized carbons (Fsp3) is 0.273. The van der Waals surface area contributed by atoms with Crippen LogP contribution in [0.15, 0.2) is 52.9 Å². The van der Waals surface area contributed by atoms with E-state index < -0.39 is 12.1 Å². The topological polar surface area (TPSA) is 104 Å². The Bertz CT molecular complexity index is 1010. The second-order valence-corrected chi connectivity index (χ2v) is 6.63. The number of hydrogen-bond donors (Lipinski definition) is 1. The van der Waals surface area contributed by atoms with Crippen molar-refractivity contribution in [1.29, 1.82) is 0 Å². The zero-order chi connectivity index (χ0) is 21.5. The van der Waals surface area contributed by atoms with Gasteiger partial charge in [0.1, 0.15) is 5.75 Å². The number of carbonyl (C=O) groups excluding carboxylic acids is 2. The number of nitrogens with zero attached hydrogens (tertiary/aromatic N) is 2. The summed E-state index contributed by atoms with van der Waals surface area (Å²) in [6, 6.07) is 14.4. The van der Waals surface area contributed by atoms with E-state index in [2.05, 4.69) is 15.5 Å². The molecular weight excluding hydrogens is 386 g/mol. The predicted molar refractivity (Wildman–Crippen MR) is 109 cm³/mol. The van der Waals surface area contributed by atoms with Crippen LogP contribution in [0.1, 0.15) is 41.3 Å². The number of esters is 1. The van der Waals surface area contributed by atoms with E-state index in [0.29, 0.717) is 11.5 Å². The molecule has 0 saturated carbocycles. The Kier molecular flexibility index (Phi) is 6.79. The van der Waals surface area contributed by atoms with E-state index in [1.807, 2.05) is 19.1 Å². The van der Waals surface area contributed by atoms with Gasteiger partial charge in [-0.2, -0.15) is 0 Å². The summed E-state index contributed by atoms with van der Waals surface area (Å²) in [6.07, 6.45) is -0.675. The first-order chi connectivity index (χ1) is 14.5. The molecular formula is C22H23N3O5. The van der Waals surface area contributed by atoms with Crippen LogP contribution in [0.5, 0.6) is 5.75 Å². The molecule has 0 fully saturated rings. The standard InChI is InChI=1S/C22H23N3O5/c1-14-6-4-5-7-18(14)20(27)23-13-12-19(26)29-15(2)21-24-25-22(30-21)16-8-10-17(28-3)11-9-16/h4-11,15H,12-13H2,1-3H3,(H,23,27)/t15-/m1/s1. The van der Waals surface area contributed by atoms with E-state index >= 15 is 0 Å². The molecule has 0 aliphatic carbocycles. The third kappa shape index (κ3) is 5.22. The third-order valence-electron chi connectivity index (χ3n) is 4.44. The molecule has 0 saturated heterocycles. The van der Waals surface area contributed by atoms with Gasteiger partial charge < -0.3 is 19.2 Å². The van der Waals surface area contributed by atoms with Gasteiger partial charge in [0, 0.05) is 17.7 Å². The van der Waals surface area contributed by atoms with Crippen LogP contribution in [0.25, 0.3) is 11.5 Å². The predicted octanol–water partition coefficient (Wildman–Crippen LogP) is 3.48. The molecule has 1 N–H and O–H groups in total. The van der Waals surface area contributed by atoms with E-state index in [1.165, 1.54) is 0 Å². The molecule has 0 spiro atoms. The van der Waals surface area contributed by atoms with Crippen LogP contribution >= 0.6 is 0 Å². The van der Waals surface area contributed by atoms with Crippen molar-refractivity contribution in [3.63, 3.8) is 0 Å². The Morgan fingerprint density at radius 2 is 1.83 bits per heavy atom. The molecule has 3 rings (SSSR count). The number of carbonyl (C=O) groups is 2. The summed E-state index contributed by atoms with van der Waals surface area (Å²) in [4.78, 5) is 24.2. The minimum atomic E-state index is -0.705. The third-order valence-corrected chi connectivity index (χ3v) is 4.44. The van der Waals surface area contributed by atoms with Gasteiger partial charge in [-0.1, -0.05) is 18.2 Å². The lowest BCUT2D eigenvalue weighted by atomic mass is 10.1. The first-order valence-corrected chi connectivity index (χ1v) is 9.49. The van der Waals surface area contributed by atoms with Crippen molar-refractivity contribution >= 4 is 11.9 Å². The van der Waals surface area contributed by atoms with Crippen molar-refractivity contribution in [1.82, 2.24) is 15.5 Å². The molecule has 156 valence electrons. The zero-order valence-corrected chi connectivity index (χ0v) is 17.0. The lowest BCUT2D eigenvalue weighted by Crippen LogP contribution is -2.27. The molecule has 8 heteroatoms. The van der Waals surface area contributed by atoms with E-state index in [4.69, 9.17) is 13.9 Å². The number of aromatic nitrogens is 2. The van der Waals surface area contributed by atoms with Gasteiger partial charge in [-0.3, -0.25) is 9.59 Å². The second-order valence-electron chi connectivity index (χ2n) is 6.63. The molecule has 2 aromatic carbocycles. The molecule has 0 unspecified atom stereocenters. The van der Waals surface area contributed by atoms with Gasteiger partial charge in [0.25, 0.3) is 11.8 Å². The van der Waals surface area contributed by atoms with Crippen LogP contribution < -0.4 is 10.1 Å². The highest BCUT2D eigenvalue weighted by molar-refractivity contribution is 5.95. The highest BCUT2D eigenvalue weighted by atomic mass is 16.6. The highest BCUT2D eigenvalue weighted by Crippen LogP contribution is 2.24. The average molecular weight is 409 g/mol. The monoisotopic (exact) mass is 409 g/mol. The molecule has 0 radical (unpaired) electrons. The van der Waals surface area contributed by atoms with Crippen LogP contribution in [-0.4, -0.2) is 35.7 Å². The van der Waals surface area contributed by atoms with Crippen LogP contribution in [0, 0.1) is 6.92 Å². The Morgan fingerprint density at radius 3 is 2.53 bits per heavy atom. The van der Waals surface area contributed by atoms with Crippen molar-refractivity contribution < 1.29 is 23.5 Å². The van der Waals surface area contributed by atoms with Gasteiger partial charge in [-0.25, -0.2) is 0 Å². The van der Waals surface area contributed by atoms with E-state index in [9.17, 15) is 9.59 Å². The van der Waals surface area contributed by atoms with Gasteiger partial charge >= 0.3 is 5.97 Å². The van der Waals surface area contributed by atoms with Crippen LogP contribution in [0.2, 0.25) is 0 Å². The van der Waals surface area contributed by atoms with Crippen molar-refractivity contribution in [3.8, 4) is 17.2 Å². The Morgan fingerprint density at radius 1 is 1.10 bits per heavy atom. The van der Waals surface area contributed by atoms with Gasteiger partial charge in [-0.05, 0) is 49.7 Å². The molecule has 0 aliphatic rings. The average Bonchev–Trinajstić information content (AvgIpc) is 3.24. The summed E-state index contributed by atoms with van der Waals surface area (Å²) in [5.74, 6) is 0.529. The van der Waals surface area contributed by atoms with Crippen molar-refractivity contribution in [3.05, 3.63) is 65.5 Å². The second kappa shape index (κ2) is 9.69. The lowest BCUT2D eigenvalue weighted by molar-refractivity contribution is -0.149. The summed E-state index contributed by atoms with van der Waals surface area (Å²) >= 11 is 0. The lowest BCUT2D eigenvalue weighted by Gasteiger charge is -2.10. The Labute approximate surface area is 174 Å². The molecule has 0 bridgehead atoms. The van der Waals surface area contributed by atoms with E-state index in [0.717, 1.165) is 16.9 Å². The maximum Gasteiger partial charge on any atom is 0.308 e.